The summed E-state index contributed by atoms with van der Waals surface area (Å²) in [4.78, 5) is 4.78. The molecule has 4 heteroatoms. The van der Waals surface area contributed by atoms with Crippen molar-refractivity contribution in [2.24, 2.45) is 0 Å². The molecule has 1 aromatic rings. The number of hydrogen-bond donors (Lipinski definition) is 1. The molecule has 1 saturated heterocycles. The van der Waals surface area contributed by atoms with Crippen LogP contribution in [0.4, 0.5) is 5.69 Å². The first-order valence-corrected chi connectivity index (χ1v) is 7.38. The summed E-state index contributed by atoms with van der Waals surface area (Å²) in [5.41, 5.74) is 2.45. The van der Waals surface area contributed by atoms with Crippen molar-refractivity contribution in [3.63, 3.8) is 0 Å². The number of piperidine rings is 1. The van der Waals surface area contributed by atoms with Gasteiger partial charge in [0.15, 0.2) is 0 Å². The number of benzene rings is 1. The molecule has 0 radical (unpaired) electrons. The Morgan fingerprint density at radius 2 is 2.05 bits per heavy atom. The molecule has 1 heterocycles. The van der Waals surface area contributed by atoms with Crippen molar-refractivity contribution < 1.29 is 4.74 Å². The molecule has 112 valence electrons. The Hall–Kier alpha value is -1.26. The van der Waals surface area contributed by atoms with Gasteiger partial charge in [0.2, 0.25) is 0 Å². The molecule has 1 N–H and O–H groups in total. The van der Waals surface area contributed by atoms with Crippen LogP contribution in [0.5, 0.6) is 5.75 Å². The van der Waals surface area contributed by atoms with Gasteiger partial charge in [0.1, 0.15) is 5.75 Å². The fraction of sp³-hybridized carbons (Fsp3) is 0.625. The van der Waals surface area contributed by atoms with E-state index in [1.54, 1.807) is 7.11 Å². The molecule has 0 amide bonds. The van der Waals surface area contributed by atoms with Crippen molar-refractivity contribution in [2.75, 3.05) is 46.2 Å². The minimum Gasteiger partial charge on any atom is -0.495 e. The number of methoxy groups -OCH3 is 1. The molecule has 20 heavy (non-hydrogen) atoms. The molecular weight excluding hydrogens is 250 g/mol. The highest BCUT2D eigenvalue weighted by atomic mass is 16.5. The summed E-state index contributed by atoms with van der Waals surface area (Å²) >= 11 is 0. The van der Waals surface area contributed by atoms with E-state index in [1.165, 1.54) is 37.2 Å². The van der Waals surface area contributed by atoms with E-state index in [9.17, 15) is 0 Å². The Labute approximate surface area is 122 Å². The lowest BCUT2D eigenvalue weighted by Gasteiger charge is -2.37. The molecule has 0 unspecified atom stereocenters. The van der Waals surface area contributed by atoms with Gasteiger partial charge in [-0.1, -0.05) is 6.07 Å². The molecule has 1 fully saturated rings. The Kier molecular flexibility index (Phi) is 5.26. The van der Waals surface area contributed by atoms with Crippen molar-refractivity contribution in [1.29, 1.82) is 0 Å². The van der Waals surface area contributed by atoms with Crippen LogP contribution in [0.25, 0.3) is 0 Å². The van der Waals surface area contributed by atoms with Crippen LogP contribution in [0, 0.1) is 0 Å². The van der Waals surface area contributed by atoms with Crippen LogP contribution < -0.4 is 15.0 Å². The third kappa shape index (κ3) is 3.44. The maximum Gasteiger partial charge on any atom is 0.142 e. The molecule has 4 nitrogen and oxygen atoms in total. The molecule has 0 spiro atoms. The molecule has 0 aromatic heterocycles. The maximum absolute atomic E-state index is 5.59. The maximum atomic E-state index is 5.59. The lowest BCUT2D eigenvalue weighted by molar-refractivity contribution is 0.252. The van der Waals surface area contributed by atoms with E-state index in [2.05, 4.69) is 47.4 Å². The van der Waals surface area contributed by atoms with Gasteiger partial charge in [0.05, 0.1) is 12.8 Å². The highest BCUT2D eigenvalue weighted by Gasteiger charge is 2.22. The van der Waals surface area contributed by atoms with Gasteiger partial charge in [-0.25, -0.2) is 0 Å². The van der Waals surface area contributed by atoms with Crippen molar-refractivity contribution in [2.45, 2.75) is 25.4 Å². The third-order valence-electron chi connectivity index (χ3n) is 4.24. The van der Waals surface area contributed by atoms with Crippen molar-refractivity contribution in [1.82, 2.24) is 10.2 Å². The molecule has 0 saturated carbocycles. The predicted molar refractivity (Wildman–Crippen MR) is 84.7 cm³/mol. The number of ether oxygens (including phenoxy) is 1. The van der Waals surface area contributed by atoms with Gasteiger partial charge in [0, 0.05) is 19.6 Å². The van der Waals surface area contributed by atoms with Gasteiger partial charge < -0.3 is 19.9 Å². The van der Waals surface area contributed by atoms with Gasteiger partial charge in [-0.2, -0.15) is 0 Å². The van der Waals surface area contributed by atoms with Crippen molar-refractivity contribution in [3.8, 4) is 5.75 Å². The summed E-state index contributed by atoms with van der Waals surface area (Å²) in [7, 11) is 8.10. The number of hydrogen-bond acceptors (Lipinski definition) is 4. The van der Waals surface area contributed by atoms with Crippen LogP contribution in [0.1, 0.15) is 18.4 Å². The van der Waals surface area contributed by atoms with E-state index in [4.69, 9.17) is 4.74 Å². The molecule has 1 aliphatic rings. The van der Waals surface area contributed by atoms with E-state index < -0.39 is 0 Å². The largest absolute Gasteiger partial charge is 0.495 e. The fourth-order valence-electron chi connectivity index (χ4n) is 2.91. The zero-order valence-corrected chi connectivity index (χ0v) is 13.1. The van der Waals surface area contributed by atoms with Gasteiger partial charge in [-0.05, 0) is 57.7 Å². The van der Waals surface area contributed by atoms with Crippen LogP contribution >= 0.6 is 0 Å². The first-order chi connectivity index (χ1) is 9.65. The number of likely N-dealkylation sites (tertiary alicyclic amines) is 1. The summed E-state index contributed by atoms with van der Waals surface area (Å²) in [6.07, 6.45) is 2.43. The third-order valence-corrected chi connectivity index (χ3v) is 4.24. The topological polar surface area (TPSA) is 27.7 Å². The Balaban J connectivity index is 2.14. The van der Waals surface area contributed by atoms with E-state index in [1.807, 2.05) is 7.05 Å². The van der Waals surface area contributed by atoms with Gasteiger partial charge >= 0.3 is 0 Å². The SMILES string of the molecule is CNCc1ccc(N(C)C2CCN(C)CC2)c(OC)c1. The van der Waals surface area contributed by atoms with Crippen LogP contribution in [0.2, 0.25) is 0 Å². The first-order valence-electron chi connectivity index (χ1n) is 7.38. The van der Waals surface area contributed by atoms with Crippen molar-refractivity contribution >= 4 is 5.69 Å². The molecular formula is C16H27N3O. The average molecular weight is 277 g/mol. The summed E-state index contributed by atoms with van der Waals surface area (Å²) in [6, 6.07) is 7.11. The highest BCUT2D eigenvalue weighted by Crippen LogP contribution is 2.31. The van der Waals surface area contributed by atoms with E-state index in [0.717, 1.165) is 12.3 Å². The van der Waals surface area contributed by atoms with Crippen LogP contribution in [-0.4, -0.2) is 52.3 Å². The summed E-state index contributed by atoms with van der Waals surface area (Å²) in [5.74, 6) is 0.971. The van der Waals surface area contributed by atoms with Crippen LogP contribution in [-0.2, 0) is 6.54 Å². The molecule has 1 aliphatic heterocycles. The number of rotatable bonds is 5. The standard InChI is InChI=1S/C16H27N3O/c1-17-12-13-5-6-15(16(11-13)20-4)19(3)14-7-9-18(2)10-8-14/h5-6,11,14,17H,7-10,12H2,1-4H3. The number of nitrogens with one attached hydrogen (secondary N) is 1. The molecule has 0 atom stereocenters. The monoisotopic (exact) mass is 277 g/mol. The Morgan fingerprint density at radius 3 is 2.65 bits per heavy atom. The van der Waals surface area contributed by atoms with Gasteiger partial charge in [0.25, 0.3) is 0 Å². The van der Waals surface area contributed by atoms with Crippen LogP contribution in [0.3, 0.4) is 0 Å². The molecule has 1 aromatic carbocycles. The van der Waals surface area contributed by atoms with Gasteiger partial charge in [-0.15, -0.1) is 0 Å². The first kappa shape index (κ1) is 15.1. The summed E-state index contributed by atoms with van der Waals surface area (Å²) in [6.45, 7) is 3.22. The number of nitrogens with zero attached hydrogens (tertiary/aromatic N) is 2. The predicted octanol–water partition coefficient (Wildman–Crippen LogP) is 1.94. The lowest BCUT2D eigenvalue weighted by Crippen LogP contribution is -2.42. The smallest absolute Gasteiger partial charge is 0.142 e. The second-order valence-corrected chi connectivity index (χ2v) is 5.68. The van der Waals surface area contributed by atoms with E-state index in [-0.39, 0.29) is 0 Å². The Bertz CT molecular complexity index is 428. The quantitative estimate of drug-likeness (QED) is 0.890. The summed E-state index contributed by atoms with van der Waals surface area (Å²) in [5, 5.41) is 3.18. The van der Waals surface area contributed by atoms with Crippen LogP contribution in [0.15, 0.2) is 18.2 Å². The molecule has 0 aliphatic carbocycles. The van der Waals surface area contributed by atoms with E-state index in [0.29, 0.717) is 6.04 Å². The molecule has 2 rings (SSSR count). The van der Waals surface area contributed by atoms with E-state index >= 15 is 0 Å². The normalized spacial score (nSPS) is 17.2. The minimum absolute atomic E-state index is 0.607. The average Bonchev–Trinajstić information content (AvgIpc) is 2.47. The second-order valence-electron chi connectivity index (χ2n) is 5.68. The van der Waals surface area contributed by atoms with Gasteiger partial charge in [-0.3, -0.25) is 0 Å². The molecule has 0 bridgehead atoms. The number of anilines is 1. The lowest BCUT2D eigenvalue weighted by atomic mass is 10.0. The summed E-state index contributed by atoms with van der Waals surface area (Å²) < 4.78 is 5.59. The minimum atomic E-state index is 0.607. The zero-order valence-electron chi connectivity index (χ0n) is 13.1. The zero-order chi connectivity index (χ0) is 14.5. The Morgan fingerprint density at radius 1 is 1.35 bits per heavy atom. The second kappa shape index (κ2) is 6.95. The fourth-order valence-corrected chi connectivity index (χ4v) is 2.91. The highest BCUT2D eigenvalue weighted by molar-refractivity contribution is 5.60. The van der Waals surface area contributed by atoms with Crippen molar-refractivity contribution in [3.05, 3.63) is 23.8 Å².